The van der Waals surface area contributed by atoms with Gasteiger partial charge in [-0.25, -0.2) is 9.37 Å². The van der Waals surface area contributed by atoms with Crippen LogP contribution < -0.4 is 0 Å². The second-order valence-electron chi connectivity index (χ2n) is 6.15. The smallest absolute Gasteiger partial charge is 0.166 e. The Bertz CT molecular complexity index is 893. The Morgan fingerprint density at radius 2 is 2.26 bits per heavy atom. The number of thiazole rings is 1. The summed E-state index contributed by atoms with van der Waals surface area (Å²) in [7, 11) is 2.13. The molecule has 0 N–H and O–H groups in total. The van der Waals surface area contributed by atoms with E-state index in [1.807, 2.05) is 4.57 Å². The number of hydrogen-bond donors (Lipinski definition) is 0. The summed E-state index contributed by atoms with van der Waals surface area (Å²) in [5.74, 6) is -0.287. The monoisotopic (exact) mass is 327 g/mol. The fourth-order valence-corrected chi connectivity index (χ4v) is 3.84. The van der Waals surface area contributed by atoms with Crippen LogP contribution in [-0.2, 0) is 13.0 Å². The lowest BCUT2D eigenvalue weighted by Gasteiger charge is -2.23. The van der Waals surface area contributed by atoms with E-state index >= 15 is 0 Å². The average Bonchev–Trinajstić information content (AvgIpc) is 3.15. The van der Waals surface area contributed by atoms with Crippen molar-refractivity contribution in [3.63, 3.8) is 0 Å². The minimum Gasteiger partial charge on any atom is -0.317 e. The van der Waals surface area contributed by atoms with Crippen LogP contribution in [0.2, 0.25) is 0 Å². The molecule has 2 aromatic heterocycles. The molecule has 4 rings (SSSR count). The third-order valence-corrected chi connectivity index (χ3v) is 5.04. The highest BCUT2D eigenvalue weighted by atomic mass is 32.1. The molecule has 0 fully saturated rings. The van der Waals surface area contributed by atoms with Crippen LogP contribution in [-0.4, -0.2) is 28.0 Å². The fraction of sp³-hybridized carbons (Fsp3) is 0.278. The topological polar surface area (TPSA) is 21.1 Å². The van der Waals surface area contributed by atoms with E-state index in [-0.39, 0.29) is 5.83 Å². The van der Waals surface area contributed by atoms with E-state index in [0.29, 0.717) is 5.69 Å². The summed E-state index contributed by atoms with van der Waals surface area (Å²) in [4.78, 5) is 6.38. The predicted octanol–water partition coefficient (Wildman–Crippen LogP) is 4.32. The Kier molecular flexibility index (Phi) is 3.54. The quantitative estimate of drug-likeness (QED) is 0.699. The van der Waals surface area contributed by atoms with Crippen molar-refractivity contribution < 1.29 is 4.39 Å². The van der Waals surface area contributed by atoms with Crippen molar-refractivity contribution >= 4 is 34.3 Å². The van der Waals surface area contributed by atoms with Gasteiger partial charge in [-0.2, -0.15) is 0 Å². The molecule has 23 heavy (non-hydrogen) atoms. The van der Waals surface area contributed by atoms with Crippen molar-refractivity contribution in [3.8, 4) is 0 Å². The van der Waals surface area contributed by atoms with Crippen LogP contribution in [0.15, 0.2) is 29.1 Å². The first-order valence-corrected chi connectivity index (χ1v) is 8.64. The van der Waals surface area contributed by atoms with Crippen LogP contribution in [0.25, 0.3) is 22.9 Å². The zero-order valence-corrected chi connectivity index (χ0v) is 14.0. The Hall–Kier alpha value is -1.98. The first-order chi connectivity index (χ1) is 11.1. The van der Waals surface area contributed by atoms with E-state index in [4.69, 9.17) is 0 Å². The maximum Gasteiger partial charge on any atom is 0.166 e. The van der Waals surface area contributed by atoms with E-state index in [1.165, 1.54) is 33.5 Å². The van der Waals surface area contributed by atoms with Gasteiger partial charge in [-0.15, -0.1) is 11.3 Å². The maximum atomic E-state index is 14.6. The number of nitrogens with zero attached hydrogens (tertiary/aromatic N) is 3. The second kappa shape index (κ2) is 5.58. The molecule has 0 radical (unpaired) electrons. The zero-order valence-electron chi connectivity index (χ0n) is 13.2. The number of aromatic nitrogens is 2. The summed E-state index contributed by atoms with van der Waals surface area (Å²) < 4.78 is 16.6. The Balaban J connectivity index is 1.94. The Morgan fingerprint density at radius 3 is 3.04 bits per heavy atom. The molecule has 0 saturated carbocycles. The van der Waals surface area contributed by atoms with Crippen molar-refractivity contribution in [2.45, 2.75) is 19.9 Å². The Labute approximate surface area is 138 Å². The van der Waals surface area contributed by atoms with Crippen molar-refractivity contribution in [2.75, 3.05) is 13.6 Å². The standard InChI is InChI=1S/C18H18FN3S/c1-12-3-4-17-13(7-12)14-8-21(2)6-5-18(14)22(17)9-15(19)16-10-23-11-20-16/h3-4,7,9-11H,5-6,8H2,1-2H3/b15-9-. The van der Waals surface area contributed by atoms with Gasteiger partial charge in [0.1, 0.15) is 5.69 Å². The third kappa shape index (κ3) is 2.50. The molecule has 1 aliphatic rings. The first-order valence-electron chi connectivity index (χ1n) is 7.70. The lowest BCUT2D eigenvalue weighted by Crippen LogP contribution is -2.26. The number of rotatable bonds is 2. The van der Waals surface area contributed by atoms with Crippen LogP contribution in [0.4, 0.5) is 4.39 Å². The highest BCUT2D eigenvalue weighted by Crippen LogP contribution is 2.32. The summed E-state index contributed by atoms with van der Waals surface area (Å²) >= 11 is 1.41. The van der Waals surface area contributed by atoms with E-state index in [9.17, 15) is 4.39 Å². The number of hydrogen-bond acceptors (Lipinski definition) is 3. The molecule has 0 aliphatic carbocycles. The second-order valence-corrected chi connectivity index (χ2v) is 6.87. The molecule has 3 heterocycles. The zero-order chi connectivity index (χ0) is 16.0. The molecule has 1 aliphatic heterocycles. The van der Waals surface area contributed by atoms with Gasteiger partial charge >= 0.3 is 0 Å². The molecule has 0 atom stereocenters. The molecule has 5 heteroatoms. The SMILES string of the molecule is Cc1ccc2c(c1)c1c(n2/C=C(\F)c2cscn2)CCN(C)C1. The van der Waals surface area contributed by atoms with Crippen LogP contribution in [0.1, 0.15) is 22.5 Å². The number of halogens is 1. The number of likely N-dealkylation sites (N-methyl/N-ethyl adjacent to an activating group) is 1. The van der Waals surface area contributed by atoms with Gasteiger partial charge in [0.05, 0.1) is 11.0 Å². The van der Waals surface area contributed by atoms with E-state index in [0.717, 1.165) is 25.0 Å². The van der Waals surface area contributed by atoms with Gasteiger partial charge in [-0.1, -0.05) is 11.6 Å². The first kappa shape index (κ1) is 14.6. The normalized spacial score (nSPS) is 16.0. The van der Waals surface area contributed by atoms with Crippen molar-refractivity contribution in [3.05, 3.63) is 51.6 Å². The lowest BCUT2D eigenvalue weighted by molar-refractivity contribution is 0.312. The van der Waals surface area contributed by atoms with Crippen molar-refractivity contribution in [1.29, 1.82) is 0 Å². The van der Waals surface area contributed by atoms with Crippen molar-refractivity contribution in [1.82, 2.24) is 14.5 Å². The summed E-state index contributed by atoms with van der Waals surface area (Å²) in [6.45, 7) is 4.00. The fourth-order valence-electron chi connectivity index (χ4n) is 3.30. The summed E-state index contributed by atoms with van der Waals surface area (Å²) in [6, 6.07) is 6.38. The minimum absolute atomic E-state index is 0.287. The van der Waals surface area contributed by atoms with Gasteiger partial charge < -0.3 is 9.47 Å². The van der Waals surface area contributed by atoms with Gasteiger partial charge in [-0.05, 0) is 31.7 Å². The molecule has 118 valence electrons. The number of aryl methyl sites for hydroxylation is 1. The van der Waals surface area contributed by atoms with Crippen LogP contribution in [0, 0.1) is 6.92 Å². The van der Waals surface area contributed by atoms with Gasteiger partial charge in [0.25, 0.3) is 0 Å². The Morgan fingerprint density at radius 1 is 1.39 bits per heavy atom. The maximum absolute atomic E-state index is 14.6. The molecule has 0 unspecified atom stereocenters. The molecule has 1 aromatic carbocycles. The highest BCUT2D eigenvalue weighted by molar-refractivity contribution is 7.07. The van der Waals surface area contributed by atoms with Crippen molar-refractivity contribution in [2.24, 2.45) is 0 Å². The number of fused-ring (bicyclic) bond motifs is 3. The number of benzene rings is 1. The van der Waals surface area contributed by atoms with Gasteiger partial charge in [0.2, 0.25) is 0 Å². The molecular formula is C18H18FN3S. The largest absolute Gasteiger partial charge is 0.317 e. The third-order valence-electron chi connectivity index (χ3n) is 4.45. The van der Waals surface area contributed by atoms with Gasteiger partial charge in [0, 0.05) is 42.2 Å². The minimum atomic E-state index is -0.287. The predicted molar refractivity (Wildman–Crippen MR) is 94.1 cm³/mol. The van der Waals surface area contributed by atoms with E-state index in [1.54, 1.807) is 17.1 Å². The average molecular weight is 327 g/mol. The highest BCUT2D eigenvalue weighted by Gasteiger charge is 2.22. The molecule has 3 aromatic rings. The summed E-state index contributed by atoms with van der Waals surface area (Å²) in [5.41, 5.74) is 6.90. The summed E-state index contributed by atoms with van der Waals surface area (Å²) in [5, 5.41) is 2.97. The van der Waals surface area contributed by atoms with Gasteiger partial charge in [-0.3, -0.25) is 0 Å². The lowest BCUT2D eigenvalue weighted by atomic mass is 10.0. The van der Waals surface area contributed by atoms with E-state index in [2.05, 4.69) is 42.1 Å². The van der Waals surface area contributed by atoms with Crippen LogP contribution in [0.5, 0.6) is 0 Å². The molecule has 0 amide bonds. The van der Waals surface area contributed by atoms with Crippen LogP contribution in [0.3, 0.4) is 0 Å². The molecule has 0 saturated heterocycles. The molecule has 3 nitrogen and oxygen atoms in total. The molecular weight excluding hydrogens is 309 g/mol. The van der Waals surface area contributed by atoms with E-state index < -0.39 is 0 Å². The van der Waals surface area contributed by atoms with Gasteiger partial charge in [0.15, 0.2) is 5.83 Å². The van der Waals surface area contributed by atoms with Crippen LogP contribution >= 0.6 is 11.3 Å². The molecule has 0 bridgehead atoms. The molecule has 0 spiro atoms. The summed E-state index contributed by atoms with van der Waals surface area (Å²) in [6.07, 6.45) is 2.53.